The Hall–Kier alpha value is -3.07. The molecule has 1 spiro atoms. The highest BCUT2D eigenvalue weighted by Gasteiger charge is 2.56. The first kappa shape index (κ1) is 21.2. The van der Waals surface area contributed by atoms with E-state index in [4.69, 9.17) is 11.6 Å². The average Bonchev–Trinajstić information content (AvgIpc) is 3.44. The Morgan fingerprint density at radius 1 is 1.14 bits per heavy atom. The Kier molecular flexibility index (Phi) is 4.38. The Bertz CT molecular complexity index is 1330. The topological polar surface area (TPSA) is 80.0 Å². The molecular formula is C25H25ClFN7O. The van der Waals surface area contributed by atoms with Crippen molar-refractivity contribution in [1.29, 1.82) is 0 Å². The summed E-state index contributed by atoms with van der Waals surface area (Å²) >= 11 is 6.33. The summed E-state index contributed by atoms with van der Waals surface area (Å²) < 4.78 is 16.9. The lowest BCUT2D eigenvalue weighted by Crippen LogP contribution is -2.62. The van der Waals surface area contributed by atoms with Crippen LogP contribution in [0.5, 0.6) is 0 Å². The lowest BCUT2D eigenvalue weighted by Gasteiger charge is -2.59. The summed E-state index contributed by atoms with van der Waals surface area (Å²) in [5, 5.41) is 9.75. The van der Waals surface area contributed by atoms with Crippen LogP contribution in [0.3, 0.4) is 0 Å². The SMILES string of the molecule is CC1c2nnc(C3CC4(C3)CN(c3cnccn3)C4)n2-c2ccc(Cl)cc2CN1C(=O)C1(F)CC1. The molecule has 8 nitrogen and oxygen atoms in total. The molecule has 35 heavy (non-hydrogen) atoms. The maximum Gasteiger partial charge on any atom is 0.261 e. The summed E-state index contributed by atoms with van der Waals surface area (Å²) in [6, 6.07) is 5.28. The lowest BCUT2D eigenvalue weighted by molar-refractivity contribution is -0.141. The van der Waals surface area contributed by atoms with Crippen molar-refractivity contribution in [2.24, 2.45) is 5.41 Å². The number of hydrogen-bond acceptors (Lipinski definition) is 6. The third kappa shape index (κ3) is 3.20. The van der Waals surface area contributed by atoms with E-state index in [0.29, 0.717) is 17.4 Å². The molecular weight excluding hydrogens is 469 g/mol. The van der Waals surface area contributed by atoms with E-state index < -0.39 is 17.6 Å². The van der Waals surface area contributed by atoms with E-state index in [1.165, 1.54) is 0 Å². The van der Waals surface area contributed by atoms with Crippen LogP contribution >= 0.6 is 11.6 Å². The molecule has 180 valence electrons. The molecule has 4 heterocycles. The standard InChI is InChI=1S/C25H25ClFN7O/c1-15-21-30-31-22(17-9-24(10-17)13-32(14-24)20-11-28-6-7-29-20)34(21)19-3-2-18(26)8-16(19)12-33(15)23(35)25(27)4-5-25/h2-3,6-8,11,15,17H,4-5,9-10,12-14H2,1H3. The summed E-state index contributed by atoms with van der Waals surface area (Å²) in [4.78, 5) is 25.5. The number of hydrogen-bond donors (Lipinski definition) is 0. The van der Waals surface area contributed by atoms with Gasteiger partial charge < -0.3 is 9.80 Å². The normalized spacial score (nSPS) is 23.7. The molecule has 1 unspecified atom stereocenters. The summed E-state index contributed by atoms with van der Waals surface area (Å²) in [5.74, 6) is 2.32. The van der Waals surface area contributed by atoms with Gasteiger partial charge in [0.2, 0.25) is 0 Å². The molecule has 0 N–H and O–H groups in total. The minimum Gasteiger partial charge on any atom is -0.354 e. The van der Waals surface area contributed by atoms with Gasteiger partial charge in [-0.3, -0.25) is 14.3 Å². The number of fused-ring (bicyclic) bond motifs is 3. The van der Waals surface area contributed by atoms with Crippen LogP contribution in [0.1, 0.15) is 61.8 Å². The minimum atomic E-state index is -1.75. The maximum atomic E-state index is 14.8. The third-order valence-electron chi connectivity index (χ3n) is 8.16. The van der Waals surface area contributed by atoms with E-state index >= 15 is 0 Å². The second-order valence-electron chi connectivity index (χ2n) is 10.6. The van der Waals surface area contributed by atoms with E-state index in [1.54, 1.807) is 23.5 Å². The molecule has 2 saturated carbocycles. The first-order chi connectivity index (χ1) is 16.9. The summed E-state index contributed by atoms with van der Waals surface area (Å²) in [5.41, 5.74) is 0.326. The molecule has 4 aliphatic rings. The quantitative estimate of drug-likeness (QED) is 0.548. The van der Waals surface area contributed by atoms with E-state index in [0.717, 1.165) is 48.8 Å². The van der Waals surface area contributed by atoms with E-state index in [9.17, 15) is 9.18 Å². The van der Waals surface area contributed by atoms with Crippen molar-refractivity contribution in [3.05, 3.63) is 59.0 Å². The van der Waals surface area contributed by atoms with Gasteiger partial charge in [-0.2, -0.15) is 0 Å². The predicted molar refractivity (Wildman–Crippen MR) is 127 cm³/mol. The van der Waals surface area contributed by atoms with Gasteiger partial charge in [0, 0.05) is 48.4 Å². The molecule has 2 aliphatic carbocycles. The van der Waals surface area contributed by atoms with Crippen molar-refractivity contribution in [3.8, 4) is 5.69 Å². The molecule has 0 radical (unpaired) electrons. The van der Waals surface area contributed by atoms with Crippen LogP contribution in [0.15, 0.2) is 36.8 Å². The van der Waals surface area contributed by atoms with Crippen LogP contribution in [0.4, 0.5) is 10.2 Å². The van der Waals surface area contributed by atoms with Gasteiger partial charge in [0.1, 0.15) is 11.6 Å². The Labute approximate surface area is 207 Å². The minimum absolute atomic E-state index is 0.266. The van der Waals surface area contributed by atoms with Crippen LogP contribution in [0, 0.1) is 5.41 Å². The number of carbonyl (C=O) groups excluding carboxylic acids is 1. The first-order valence-electron chi connectivity index (χ1n) is 12.1. The van der Waals surface area contributed by atoms with Crippen molar-refractivity contribution >= 4 is 23.3 Å². The molecule has 0 bridgehead atoms. The Balaban J connectivity index is 1.19. The van der Waals surface area contributed by atoms with Crippen molar-refractivity contribution in [3.63, 3.8) is 0 Å². The number of anilines is 1. The van der Waals surface area contributed by atoms with Crippen LogP contribution in [-0.2, 0) is 11.3 Å². The largest absolute Gasteiger partial charge is 0.354 e. The highest BCUT2D eigenvalue weighted by molar-refractivity contribution is 6.30. The summed E-state index contributed by atoms with van der Waals surface area (Å²) in [6.07, 6.45) is 7.83. The van der Waals surface area contributed by atoms with Crippen molar-refractivity contribution in [2.75, 3.05) is 18.0 Å². The predicted octanol–water partition coefficient (Wildman–Crippen LogP) is 4.00. The lowest BCUT2D eigenvalue weighted by atomic mass is 9.57. The van der Waals surface area contributed by atoms with Crippen LogP contribution in [-0.4, -0.2) is 54.3 Å². The molecule has 1 amide bonds. The fourth-order valence-corrected chi connectivity index (χ4v) is 6.28. The zero-order valence-electron chi connectivity index (χ0n) is 19.4. The number of carbonyl (C=O) groups is 1. The van der Waals surface area contributed by atoms with Crippen LogP contribution in [0.25, 0.3) is 5.69 Å². The maximum absolute atomic E-state index is 14.8. The Morgan fingerprint density at radius 2 is 1.91 bits per heavy atom. The molecule has 1 saturated heterocycles. The van der Waals surface area contributed by atoms with E-state index in [-0.39, 0.29) is 24.2 Å². The second-order valence-corrected chi connectivity index (χ2v) is 11.1. The van der Waals surface area contributed by atoms with Gasteiger partial charge >= 0.3 is 0 Å². The van der Waals surface area contributed by atoms with Gasteiger partial charge in [0.05, 0.1) is 17.9 Å². The number of benzene rings is 1. The zero-order valence-corrected chi connectivity index (χ0v) is 20.1. The van der Waals surface area contributed by atoms with E-state index in [2.05, 4.69) is 29.6 Å². The van der Waals surface area contributed by atoms with Gasteiger partial charge in [-0.25, -0.2) is 9.37 Å². The first-order valence-corrected chi connectivity index (χ1v) is 12.5. The molecule has 7 rings (SSSR count). The Morgan fingerprint density at radius 3 is 2.63 bits per heavy atom. The molecule has 1 atom stereocenters. The molecule has 2 aliphatic heterocycles. The van der Waals surface area contributed by atoms with Crippen LogP contribution in [0.2, 0.25) is 5.02 Å². The fourth-order valence-electron chi connectivity index (χ4n) is 6.08. The zero-order chi connectivity index (χ0) is 23.9. The molecule has 2 aromatic heterocycles. The van der Waals surface area contributed by atoms with Crippen LogP contribution < -0.4 is 4.90 Å². The van der Waals surface area contributed by atoms with Crippen molar-refractivity contribution < 1.29 is 9.18 Å². The molecule has 3 aromatic rings. The second kappa shape index (κ2) is 7.22. The summed E-state index contributed by atoms with van der Waals surface area (Å²) in [6.45, 7) is 4.14. The molecule has 3 fully saturated rings. The van der Waals surface area contributed by atoms with Gasteiger partial charge in [-0.05, 0) is 56.4 Å². The number of amides is 1. The van der Waals surface area contributed by atoms with Gasteiger partial charge in [-0.1, -0.05) is 11.6 Å². The highest BCUT2D eigenvalue weighted by atomic mass is 35.5. The number of aromatic nitrogens is 5. The average molecular weight is 494 g/mol. The van der Waals surface area contributed by atoms with Crippen molar-refractivity contribution in [2.45, 2.75) is 56.8 Å². The van der Waals surface area contributed by atoms with Gasteiger partial charge in [0.25, 0.3) is 5.91 Å². The summed E-state index contributed by atoms with van der Waals surface area (Å²) in [7, 11) is 0. The monoisotopic (exact) mass is 493 g/mol. The fraction of sp³-hybridized carbons (Fsp3) is 0.480. The van der Waals surface area contributed by atoms with Crippen molar-refractivity contribution in [1.82, 2.24) is 29.6 Å². The molecule has 10 heteroatoms. The third-order valence-corrected chi connectivity index (χ3v) is 8.40. The van der Waals surface area contributed by atoms with Gasteiger partial charge in [-0.15, -0.1) is 10.2 Å². The van der Waals surface area contributed by atoms with Gasteiger partial charge in [0.15, 0.2) is 11.5 Å². The smallest absolute Gasteiger partial charge is 0.261 e. The number of rotatable bonds is 3. The highest BCUT2D eigenvalue weighted by Crippen LogP contribution is 2.57. The number of nitrogens with zero attached hydrogens (tertiary/aromatic N) is 7. The molecule has 1 aromatic carbocycles. The van der Waals surface area contributed by atoms with E-state index in [1.807, 2.05) is 25.1 Å². The number of alkyl halides is 1. The number of halogens is 2.